The zero-order chi connectivity index (χ0) is 17.6. The lowest BCUT2D eigenvalue weighted by molar-refractivity contribution is 0.00371. The van der Waals surface area contributed by atoms with E-state index >= 15 is 0 Å². The van der Waals surface area contributed by atoms with Gasteiger partial charge in [0.2, 0.25) is 0 Å². The van der Waals surface area contributed by atoms with Crippen LogP contribution in [0, 0.1) is 0 Å². The molecule has 0 radical (unpaired) electrons. The Morgan fingerprint density at radius 1 is 1.16 bits per heavy atom. The molecule has 2 aliphatic heterocycles. The maximum Gasteiger partial charge on any atom is 0.407 e. The molecule has 130 valence electrons. The van der Waals surface area contributed by atoms with Crippen LogP contribution in [0.2, 0.25) is 5.02 Å². The zero-order valence-electron chi connectivity index (χ0n) is 13.6. The minimum absolute atomic E-state index is 0.0781. The molecule has 2 amide bonds. The number of hydrogen-bond donors (Lipinski definition) is 1. The molecular weight excluding hydrogens is 342 g/mol. The van der Waals surface area contributed by atoms with Gasteiger partial charge in [-0.2, -0.15) is 0 Å². The lowest BCUT2D eigenvalue weighted by Gasteiger charge is -2.48. The highest BCUT2D eigenvalue weighted by Crippen LogP contribution is 2.30. The van der Waals surface area contributed by atoms with Gasteiger partial charge in [0.15, 0.2) is 0 Å². The van der Waals surface area contributed by atoms with E-state index in [0.29, 0.717) is 29.2 Å². The fourth-order valence-corrected chi connectivity index (χ4v) is 4.23. The third-order valence-electron chi connectivity index (χ3n) is 5.17. The Labute approximate surface area is 150 Å². The molecule has 25 heavy (non-hydrogen) atoms. The van der Waals surface area contributed by atoms with Crippen LogP contribution >= 0.6 is 11.6 Å². The number of carbonyl (C=O) groups is 2. The lowest BCUT2D eigenvalue weighted by Crippen LogP contribution is -2.63. The topological polar surface area (TPSA) is 73.7 Å². The minimum Gasteiger partial charge on any atom is -0.465 e. The van der Waals surface area contributed by atoms with Crippen LogP contribution in [0.1, 0.15) is 29.6 Å². The van der Waals surface area contributed by atoms with Crippen molar-refractivity contribution in [3.8, 4) is 0 Å². The molecule has 0 aliphatic carbocycles. The largest absolute Gasteiger partial charge is 0.465 e. The maximum absolute atomic E-state index is 12.9. The number of benzene rings is 1. The molecular formula is C18H18ClN3O3. The van der Waals surface area contributed by atoms with E-state index in [9.17, 15) is 14.7 Å². The van der Waals surface area contributed by atoms with E-state index in [0.717, 1.165) is 24.6 Å². The van der Waals surface area contributed by atoms with Crippen molar-refractivity contribution in [1.29, 1.82) is 0 Å². The van der Waals surface area contributed by atoms with Crippen molar-refractivity contribution in [3.63, 3.8) is 0 Å². The van der Waals surface area contributed by atoms with Crippen LogP contribution in [-0.2, 0) is 0 Å². The molecule has 3 heterocycles. The summed E-state index contributed by atoms with van der Waals surface area (Å²) in [7, 11) is 0. The van der Waals surface area contributed by atoms with Crippen molar-refractivity contribution in [2.24, 2.45) is 0 Å². The van der Waals surface area contributed by atoms with E-state index in [1.807, 2.05) is 6.07 Å². The van der Waals surface area contributed by atoms with Crippen LogP contribution in [0.4, 0.5) is 4.79 Å². The number of fused-ring (bicyclic) bond motifs is 3. The highest BCUT2D eigenvalue weighted by Gasteiger charge is 2.41. The summed E-state index contributed by atoms with van der Waals surface area (Å²) in [4.78, 5) is 32.0. The Morgan fingerprint density at radius 3 is 2.56 bits per heavy atom. The summed E-state index contributed by atoms with van der Waals surface area (Å²) in [5, 5.41) is 10.9. The summed E-state index contributed by atoms with van der Waals surface area (Å²) in [5.41, 5.74) is 1.24. The monoisotopic (exact) mass is 359 g/mol. The Morgan fingerprint density at radius 2 is 1.88 bits per heavy atom. The number of nitrogens with zero attached hydrogens (tertiary/aromatic N) is 3. The average Bonchev–Trinajstić information content (AvgIpc) is 2.59. The number of piperidine rings is 1. The van der Waals surface area contributed by atoms with Gasteiger partial charge in [0.05, 0.1) is 22.6 Å². The SMILES string of the molecule is O=C(c1ccc2c(Cl)ccnc2c1)N1CC2CCCC(C1)N2C(=O)O. The summed E-state index contributed by atoms with van der Waals surface area (Å²) in [6.07, 6.45) is 3.36. The van der Waals surface area contributed by atoms with E-state index in [4.69, 9.17) is 11.6 Å². The predicted molar refractivity (Wildman–Crippen MR) is 93.9 cm³/mol. The molecule has 2 aromatic rings. The van der Waals surface area contributed by atoms with Crippen molar-refractivity contribution in [3.05, 3.63) is 41.0 Å². The number of amides is 2. The van der Waals surface area contributed by atoms with E-state index in [-0.39, 0.29) is 18.0 Å². The fraction of sp³-hybridized carbons (Fsp3) is 0.389. The lowest BCUT2D eigenvalue weighted by atomic mass is 9.91. The highest BCUT2D eigenvalue weighted by molar-refractivity contribution is 6.35. The van der Waals surface area contributed by atoms with Gasteiger partial charge < -0.3 is 10.0 Å². The standard InChI is InChI=1S/C18H18ClN3O3/c19-15-6-7-20-16-8-11(4-5-14(15)16)17(23)21-9-12-2-1-3-13(10-21)22(12)18(24)25/h4-8,12-13H,1-3,9-10H2,(H,24,25). The predicted octanol–water partition coefficient (Wildman–Crippen LogP) is 3.25. The van der Waals surface area contributed by atoms with Crippen LogP contribution in [0.25, 0.3) is 10.9 Å². The summed E-state index contributed by atoms with van der Waals surface area (Å²) in [6, 6.07) is 6.83. The number of rotatable bonds is 1. The van der Waals surface area contributed by atoms with Crippen LogP contribution in [-0.4, -0.2) is 57.1 Å². The van der Waals surface area contributed by atoms with Crippen molar-refractivity contribution >= 4 is 34.5 Å². The number of piperazine rings is 1. The molecule has 2 fully saturated rings. The molecule has 2 aliphatic rings. The second-order valence-electron chi connectivity index (χ2n) is 6.66. The molecule has 6 nitrogen and oxygen atoms in total. The number of aromatic nitrogens is 1. The van der Waals surface area contributed by atoms with Crippen molar-refractivity contribution in [2.45, 2.75) is 31.3 Å². The van der Waals surface area contributed by atoms with Gasteiger partial charge in [0, 0.05) is 30.2 Å². The number of pyridine rings is 1. The Hall–Kier alpha value is -2.34. The Balaban J connectivity index is 1.60. The Kier molecular flexibility index (Phi) is 4.00. The summed E-state index contributed by atoms with van der Waals surface area (Å²) < 4.78 is 0. The number of hydrogen-bond acceptors (Lipinski definition) is 3. The van der Waals surface area contributed by atoms with Gasteiger partial charge in [-0.1, -0.05) is 17.7 Å². The van der Waals surface area contributed by atoms with Crippen molar-refractivity contribution in [2.75, 3.05) is 13.1 Å². The summed E-state index contributed by atoms with van der Waals surface area (Å²) >= 11 is 6.15. The number of carboxylic acid groups (broad SMARTS) is 1. The Bertz CT molecular complexity index is 843. The van der Waals surface area contributed by atoms with E-state index in [1.165, 1.54) is 4.90 Å². The molecule has 1 N–H and O–H groups in total. The molecule has 7 heteroatoms. The average molecular weight is 360 g/mol. The number of carbonyl (C=O) groups excluding carboxylic acids is 1. The van der Waals surface area contributed by atoms with Gasteiger partial charge in [-0.25, -0.2) is 4.79 Å². The maximum atomic E-state index is 12.9. The van der Waals surface area contributed by atoms with Crippen molar-refractivity contribution < 1.29 is 14.7 Å². The first-order valence-corrected chi connectivity index (χ1v) is 8.77. The molecule has 2 atom stereocenters. The fourth-order valence-electron chi connectivity index (χ4n) is 4.01. The van der Waals surface area contributed by atoms with Crippen LogP contribution in [0.3, 0.4) is 0 Å². The number of likely N-dealkylation sites (tertiary alicyclic amines) is 1. The molecule has 0 spiro atoms. The minimum atomic E-state index is -0.883. The molecule has 2 unspecified atom stereocenters. The second kappa shape index (κ2) is 6.19. The molecule has 4 rings (SSSR count). The van der Waals surface area contributed by atoms with Gasteiger partial charge in [-0.3, -0.25) is 14.7 Å². The second-order valence-corrected chi connectivity index (χ2v) is 7.07. The van der Waals surface area contributed by atoms with E-state index in [1.54, 1.807) is 29.3 Å². The smallest absolute Gasteiger partial charge is 0.407 e. The molecule has 2 bridgehead atoms. The van der Waals surface area contributed by atoms with Gasteiger partial charge in [0.25, 0.3) is 5.91 Å². The highest BCUT2D eigenvalue weighted by atomic mass is 35.5. The normalized spacial score (nSPS) is 22.9. The molecule has 0 saturated carbocycles. The summed E-state index contributed by atoms with van der Waals surface area (Å²) in [5.74, 6) is -0.0781. The van der Waals surface area contributed by atoms with Crippen LogP contribution < -0.4 is 0 Å². The van der Waals surface area contributed by atoms with Crippen LogP contribution in [0.15, 0.2) is 30.5 Å². The van der Waals surface area contributed by atoms with Gasteiger partial charge in [-0.15, -0.1) is 0 Å². The molecule has 1 aromatic heterocycles. The first-order chi connectivity index (χ1) is 12.0. The third-order valence-corrected chi connectivity index (χ3v) is 5.50. The van der Waals surface area contributed by atoms with Gasteiger partial charge in [-0.05, 0) is 37.5 Å². The first-order valence-electron chi connectivity index (χ1n) is 8.39. The summed E-state index contributed by atoms with van der Waals surface area (Å²) in [6.45, 7) is 0.894. The van der Waals surface area contributed by atoms with Crippen LogP contribution in [0.5, 0.6) is 0 Å². The van der Waals surface area contributed by atoms with Crippen molar-refractivity contribution in [1.82, 2.24) is 14.8 Å². The number of halogens is 1. The van der Waals surface area contributed by atoms with E-state index in [2.05, 4.69) is 4.98 Å². The van der Waals surface area contributed by atoms with Gasteiger partial charge >= 0.3 is 6.09 Å². The quantitative estimate of drug-likeness (QED) is 0.848. The van der Waals surface area contributed by atoms with E-state index < -0.39 is 6.09 Å². The molecule has 2 saturated heterocycles. The molecule has 1 aromatic carbocycles. The van der Waals surface area contributed by atoms with Gasteiger partial charge in [0.1, 0.15) is 0 Å². The third kappa shape index (κ3) is 2.80. The first kappa shape index (κ1) is 16.1. The zero-order valence-corrected chi connectivity index (χ0v) is 14.3.